The third-order valence-corrected chi connectivity index (χ3v) is 5.33. The van der Waals surface area contributed by atoms with Gasteiger partial charge in [-0.15, -0.1) is 11.3 Å². The molecule has 1 aliphatic rings. The zero-order valence-electron chi connectivity index (χ0n) is 15.2. The van der Waals surface area contributed by atoms with Gasteiger partial charge in [0, 0.05) is 23.9 Å². The molecule has 0 unspecified atom stereocenters. The maximum Gasteiger partial charge on any atom is 0.391 e. The Kier molecular flexibility index (Phi) is 6.35. The molecule has 1 saturated carbocycles. The van der Waals surface area contributed by atoms with Crippen LogP contribution < -0.4 is 10.6 Å². The Morgan fingerprint density at radius 2 is 1.88 bits per heavy atom. The predicted octanol–water partition coefficient (Wildman–Crippen LogP) is 4.23. The molecule has 4 nitrogen and oxygen atoms in total. The largest absolute Gasteiger partial charge is 0.391 e. The van der Waals surface area contributed by atoms with Crippen LogP contribution in [-0.2, 0) is 12.0 Å². The van der Waals surface area contributed by atoms with Crippen LogP contribution in [0.4, 0.5) is 13.2 Å². The first-order chi connectivity index (χ1) is 11.6. The average Bonchev–Trinajstić information content (AvgIpc) is 3.00. The summed E-state index contributed by atoms with van der Waals surface area (Å²) >= 11 is 1.60. The molecule has 1 aromatic heterocycles. The third-order valence-electron chi connectivity index (χ3n) is 4.48. The van der Waals surface area contributed by atoms with Gasteiger partial charge in [0.1, 0.15) is 5.01 Å². The lowest BCUT2D eigenvalue weighted by molar-refractivity contribution is -0.182. The Labute approximate surface area is 151 Å². The fraction of sp³-hybridized carbons (Fsp3) is 0.765. The highest BCUT2D eigenvalue weighted by Gasteiger charge is 2.41. The van der Waals surface area contributed by atoms with Crippen LogP contribution in [0.5, 0.6) is 0 Å². The Balaban J connectivity index is 1.81. The van der Waals surface area contributed by atoms with Gasteiger partial charge in [-0.3, -0.25) is 4.99 Å². The molecule has 0 spiro atoms. The van der Waals surface area contributed by atoms with Gasteiger partial charge in [0.05, 0.1) is 18.2 Å². The van der Waals surface area contributed by atoms with E-state index in [9.17, 15) is 13.2 Å². The van der Waals surface area contributed by atoms with Gasteiger partial charge in [-0.2, -0.15) is 13.2 Å². The topological polar surface area (TPSA) is 49.3 Å². The van der Waals surface area contributed by atoms with E-state index in [1.165, 1.54) is 0 Å². The zero-order valence-corrected chi connectivity index (χ0v) is 16.0. The molecule has 1 aromatic rings. The molecular weight excluding hydrogens is 349 g/mol. The van der Waals surface area contributed by atoms with Gasteiger partial charge in [0.25, 0.3) is 0 Å². The summed E-state index contributed by atoms with van der Waals surface area (Å²) < 4.78 is 38.2. The lowest BCUT2D eigenvalue weighted by Gasteiger charge is -2.31. The summed E-state index contributed by atoms with van der Waals surface area (Å²) in [6, 6.07) is 0.0335. The number of hydrogen-bond donors (Lipinski definition) is 2. The van der Waals surface area contributed by atoms with Crippen molar-refractivity contribution in [2.24, 2.45) is 10.9 Å². The van der Waals surface area contributed by atoms with Crippen LogP contribution in [0.2, 0.25) is 0 Å². The summed E-state index contributed by atoms with van der Waals surface area (Å²) in [6.07, 6.45) is -2.69. The third kappa shape index (κ3) is 5.87. The van der Waals surface area contributed by atoms with E-state index < -0.39 is 12.1 Å². The van der Waals surface area contributed by atoms with Gasteiger partial charge in [-0.25, -0.2) is 4.98 Å². The maximum absolute atomic E-state index is 12.7. The fourth-order valence-corrected chi connectivity index (χ4v) is 3.81. The fourth-order valence-electron chi connectivity index (χ4n) is 2.85. The van der Waals surface area contributed by atoms with Crippen molar-refractivity contribution in [2.45, 2.75) is 70.6 Å². The number of nitrogens with one attached hydrogen (secondary N) is 2. The van der Waals surface area contributed by atoms with Crippen molar-refractivity contribution >= 4 is 17.3 Å². The monoisotopic (exact) mass is 376 g/mol. The minimum absolute atomic E-state index is 0.0196. The van der Waals surface area contributed by atoms with E-state index in [4.69, 9.17) is 0 Å². The molecule has 0 aliphatic heterocycles. The smallest absolute Gasteiger partial charge is 0.354 e. The van der Waals surface area contributed by atoms with E-state index in [0.717, 1.165) is 10.7 Å². The van der Waals surface area contributed by atoms with Crippen molar-refractivity contribution in [1.82, 2.24) is 15.6 Å². The number of guanidine groups is 1. The average molecular weight is 376 g/mol. The molecule has 0 radical (unpaired) electrons. The number of hydrogen-bond acceptors (Lipinski definition) is 3. The van der Waals surface area contributed by atoms with Crippen LogP contribution in [0, 0.1) is 5.92 Å². The minimum Gasteiger partial charge on any atom is -0.354 e. The minimum atomic E-state index is -4.07. The van der Waals surface area contributed by atoms with Crippen LogP contribution in [0.1, 0.15) is 57.2 Å². The molecule has 1 aliphatic carbocycles. The summed E-state index contributed by atoms with van der Waals surface area (Å²) in [5.74, 6) is -0.547. The Bertz CT molecular complexity index is 581. The number of rotatable bonds is 3. The van der Waals surface area contributed by atoms with Crippen molar-refractivity contribution in [1.29, 1.82) is 0 Å². The lowest BCUT2D eigenvalue weighted by atomic mass is 9.85. The summed E-state index contributed by atoms with van der Waals surface area (Å²) in [5.41, 5.74) is 1.08. The predicted molar refractivity (Wildman–Crippen MR) is 95.9 cm³/mol. The second-order valence-electron chi connectivity index (χ2n) is 7.54. The van der Waals surface area contributed by atoms with E-state index in [2.05, 4.69) is 46.8 Å². The van der Waals surface area contributed by atoms with Crippen molar-refractivity contribution < 1.29 is 13.2 Å². The van der Waals surface area contributed by atoms with Crippen LogP contribution >= 0.6 is 11.3 Å². The molecule has 0 aromatic carbocycles. The molecular formula is C17H27F3N4S. The van der Waals surface area contributed by atoms with Gasteiger partial charge < -0.3 is 10.6 Å². The van der Waals surface area contributed by atoms with Gasteiger partial charge >= 0.3 is 6.18 Å². The number of alkyl halides is 3. The molecule has 1 fully saturated rings. The van der Waals surface area contributed by atoms with Crippen molar-refractivity contribution in [3.05, 3.63) is 16.1 Å². The molecule has 25 heavy (non-hydrogen) atoms. The SMILES string of the molecule is CN=C(NCc1nc(C(C)(C)C)cs1)NC1CCC(C(F)(F)F)CC1. The Hall–Kier alpha value is -1.31. The second-order valence-corrected chi connectivity index (χ2v) is 8.48. The van der Waals surface area contributed by atoms with Crippen molar-refractivity contribution in [3.63, 3.8) is 0 Å². The number of nitrogens with zero attached hydrogens (tertiary/aromatic N) is 2. The van der Waals surface area contributed by atoms with Crippen molar-refractivity contribution in [2.75, 3.05) is 7.05 Å². The molecule has 142 valence electrons. The number of aliphatic imine (C=N–C) groups is 1. The highest BCUT2D eigenvalue weighted by Crippen LogP contribution is 2.37. The van der Waals surface area contributed by atoms with Crippen LogP contribution in [-0.4, -0.2) is 30.2 Å². The van der Waals surface area contributed by atoms with E-state index in [0.29, 0.717) is 25.3 Å². The van der Waals surface area contributed by atoms with E-state index in [1.807, 2.05) is 0 Å². The molecule has 8 heteroatoms. The second kappa shape index (κ2) is 7.93. The van der Waals surface area contributed by atoms with Gasteiger partial charge in [0.2, 0.25) is 0 Å². The Morgan fingerprint density at radius 1 is 1.24 bits per heavy atom. The normalized spacial score (nSPS) is 22.8. The molecule has 1 heterocycles. The molecule has 2 N–H and O–H groups in total. The highest BCUT2D eigenvalue weighted by atomic mass is 32.1. The summed E-state index contributed by atoms with van der Waals surface area (Å²) in [4.78, 5) is 8.79. The number of aromatic nitrogens is 1. The summed E-state index contributed by atoms with van der Waals surface area (Å²) in [7, 11) is 1.67. The van der Waals surface area contributed by atoms with E-state index in [-0.39, 0.29) is 24.3 Å². The molecule has 2 rings (SSSR count). The highest BCUT2D eigenvalue weighted by molar-refractivity contribution is 7.09. The van der Waals surface area contributed by atoms with Crippen molar-refractivity contribution in [3.8, 4) is 0 Å². The number of thiazole rings is 1. The molecule has 0 amide bonds. The van der Waals surface area contributed by atoms with Gasteiger partial charge in [0.15, 0.2) is 5.96 Å². The van der Waals surface area contributed by atoms with Gasteiger partial charge in [-0.05, 0) is 25.7 Å². The maximum atomic E-state index is 12.7. The first-order valence-electron chi connectivity index (χ1n) is 8.58. The number of halogens is 3. The molecule has 0 bridgehead atoms. The lowest BCUT2D eigenvalue weighted by Crippen LogP contribution is -2.45. The Morgan fingerprint density at radius 3 is 2.36 bits per heavy atom. The first-order valence-corrected chi connectivity index (χ1v) is 9.46. The standard InChI is InChI=1S/C17H27F3N4S/c1-16(2,3)13-10-25-14(24-13)9-22-15(21-4)23-12-7-5-11(6-8-12)17(18,19)20/h10-12H,5-9H2,1-4H3,(H2,21,22,23). The van der Waals surface area contributed by atoms with E-state index in [1.54, 1.807) is 18.4 Å². The van der Waals surface area contributed by atoms with Gasteiger partial charge in [-0.1, -0.05) is 20.8 Å². The summed E-state index contributed by atoms with van der Waals surface area (Å²) in [5, 5.41) is 9.46. The first kappa shape index (κ1) is 20.0. The zero-order chi connectivity index (χ0) is 18.7. The van der Waals surface area contributed by atoms with Crippen LogP contribution in [0.3, 0.4) is 0 Å². The molecule has 0 atom stereocenters. The summed E-state index contributed by atoms with van der Waals surface area (Å²) in [6.45, 7) is 6.92. The quantitative estimate of drug-likeness (QED) is 0.613. The van der Waals surface area contributed by atoms with Crippen LogP contribution in [0.15, 0.2) is 10.4 Å². The van der Waals surface area contributed by atoms with E-state index >= 15 is 0 Å². The van der Waals surface area contributed by atoms with Crippen LogP contribution in [0.25, 0.3) is 0 Å². The molecule has 0 saturated heterocycles.